The van der Waals surface area contributed by atoms with Crippen molar-refractivity contribution in [2.45, 2.75) is 38.9 Å². The number of imidazole rings is 1. The molecule has 2 rings (SSSR count). The number of aldehydes is 1. The molecule has 14 heavy (non-hydrogen) atoms. The van der Waals surface area contributed by atoms with Crippen LogP contribution in [-0.4, -0.2) is 16.3 Å². The van der Waals surface area contributed by atoms with E-state index in [2.05, 4.69) is 9.97 Å². The average Bonchev–Trinajstić information content (AvgIpc) is 2.51. The van der Waals surface area contributed by atoms with E-state index in [-0.39, 0.29) is 0 Å². The summed E-state index contributed by atoms with van der Waals surface area (Å²) in [5, 5.41) is 0. The minimum absolute atomic E-state index is 0.374. The Morgan fingerprint density at radius 1 is 1.29 bits per heavy atom. The molecule has 0 saturated heterocycles. The number of hydrogen-bond donors (Lipinski definition) is 1. The Kier molecular flexibility index (Phi) is 1.64. The van der Waals surface area contributed by atoms with Crippen molar-refractivity contribution in [1.29, 1.82) is 0 Å². The maximum atomic E-state index is 10.6. The van der Waals surface area contributed by atoms with Gasteiger partial charge >= 0.3 is 0 Å². The molecule has 4 heteroatoms. The number of fused-ring (bicyclic) bond motifs is 1. The van der Waals surface area contributed by atoms with Gasteiger partial charge in [0.2, 0.25) is 0 Å². The van der Waals surface area contributed by atoms with Gasteiger partial charge in [0.25, 0.3) is 0 Å². The van der Waals surface area contributed by atoms with Crippen LogP contribution in [0.1, 0.15) is 49.7 Å². The molecule has 76 valence electrons. The summed E-state index contributed by atoms with van der Waals surface area (Å²) < 4.78 is 5.84. The van der Waals surface area contributed by atoms with Crippen LogP contribution in [0.4, 0.5) is 0 Å². The minimum atomic E-state index is -0.420. The van der Waals surface area contributed by atoms with Crippen molar-refractivity contribution in [3.63, 3.8) is 0 Å². The summed E-state index contributed by atoms with van der Waals surface area (Å²) >= 11 is 0. The number of nitrogens with zero attached hydrogens (tertiary/aromatic N) is 1. The number of nitrogens with one attached hydrogen (secondary N) is 1. The van der Waals surface area contributed by atoms with Crippen molar-refractivity contribution in [2.75, 3.05) is 0 Å². The van der Waals surface area contributed by atoms with Crippen LogP contribution in [0.5, 0.6) is 0 Å². The molecule has 0 aromatic carbocycles. The summed E-state index contributed by atoms with van der Waals surface area (Å²) in [6.45, 7) is 7.84. The van der Waals surface area contributed by atoms with E-state index in [1.165, 1.54) is 0 Å². The summed E-state index contributed by atoms with van der Waals surface area (Å²) in [5.74, 6) is 0.374. The molecular weight excluding hydrogens is 180 g/mol. The molecular formula is C10H14N2O2. The molecule has 0 saturated carbocycles. The summed E-state index contributed by atoms with van der Waals surface area (Å²) in [7, 11) is 0. The van der Waals surface area contributed by atoms with Crippen LogP contribution in [0.2, 0.25) is 0 Å². The van der Waals surface area contributed by atoms with Crippen LogP contribution in [0.3, 0.4) is 0 Å². The fraction of sp³-hybridized carbons (Fsp3) is 0.600. The predicted octanol–water partition coefficient (Wildman–Crippen LogP) is 1.72. The molecule has 0 atom stereocenters. The van der Waals surface area contributed by atoms with Crippen molar-refractivity contribution >= 4 is 6.29 Å². The van der Waals surface area contributed by atoms with Crippen LogP contribution < -0.4 is 0 Å². The van der Waals surface area contributed by atoms with Crippen LogP contribution in [0, 0.1) is 0 Å². The second-order valence-electron chi connectivity index (χ2n) is 4.59. The Morgan fingerprint density at radius 3 is 2.43 bits per heavy atom. The highest BCUT2D eigenvalue weighted by atomic mass is 16.5. The largest absolute Gasteiger partial charge is 0.357 e. The summed E-state index contributed by atoms with van der Waals surface area (Å²) in [5.41, 5.74) is 0.929. The van der Waals surface area contributed by atoms with Crippen molar-refractivity contribution in [3.05, 3.63) is 17.2 Å². The number of rotatable bonds is 1. The fourth-order valence-corrected chi connectivity index (χ4v) is 2.06. The van der Waals surface area contributed by atoms with E-state index in [4.69, 9.17) is 4.74 Å². The molecule has 1 aromatic heterocycles. The summed E-state index contributed by atoms with van der Waals surface area (Å²) in [6, 6.07) is 0. The van der Waals surface area contributed by atoms with Crippen LogP contribution in [0.25, 0.3) is 0 Å². The lowest BCUT2D eigenvalue weighted by molar-refractivity contribution is -0.108. The van der Waals surface area contributed by atoms with E-state index in [0.717, 1.165) is 17.7 Å². The smallest absolute Gasteiger partial charge is 0.185 e. The third-order valence-electron chi connectivity index (χ3n) is 2.52. The number of H-pyrrole nitrogens is 1. The first kappa shape index (κ1) is 9.40. The molecule has 0 amide bonds. The molecule has 1 aliphatic rings. The predicted molar refractivity (Wildman–Crippen MR) is 51.1 cm³/mol. The van der Waals surface area contributed by atoms with Gasteiger partial charge in [-0.25, -0.2) is 4.98 Å². The molecule has 0 aliphatic carbocycles. The van der Waals surface area contributed by atoms with E-state index in [1.807, 2.05) is 27.7 Å². The first-order valence-electron chi connectivity index (χ1n) is 4.63. The van der Waals surface area contributed by atoms with Crippen molar-refractivity contribution in [3.8, 4) is 0 Å². The highest BCUT2D eigenvalue weighted by Crippen LogP contribution is 2.44. The minimum Gasteiger partial charge on any atom is -0.357 e. The van der Waals surface area contributed by atoms with Gasteiger partial charge in [-0.3, -0.25) is 4.79 Å². The van der Waals surface area contributed by atoms with Crippen LogP contribution >= 0.6 is 0 Å². The van der Waals surface area contributed by atoms with Gasteiger partial charge in [0, 0.05) is 0 Å². The Bertz CT molecular complexity index is 359. The highest BCUT2D eigenvalue weighted by Gasteiger charge is 2.46. The van der Waals surface area contributed by atoms with Crippen LogP contribution in [0.15, 0.2) is 0 Å². The number of ether oxygens (including phenoxy) is 1. The quantitative estimate of drug-likeness (QED) is 0.692. The highest BCUT2D eigenvalue weighted by molar-refractivity contribution is 5.69. The summed E-state index contributed by atoms with van der Waals surface area (Å²) in [6.07, 6.45) is 0.727. The van der Waals surface area contributed by atoms with Crippen LogP contribution in [-0.2, 0) is 15.9 Å². The third-order valence-corrected chi connectivity index (χ3v) is 2.52. The molecule has 1 aromatic rings. The zero-order chi connectivity index (χ0) is 10.6. The Morgan fingerprint density at radius 2 is 1.93 bits per heavy atom. The molecule has 0 unspecified atom stereocenters. The van der Waals surface area contributed by atoms with Gasteiger partial charge in [-0.05, 0) is 27.7 Å². The van der Waals surface area contributed by atoms with Gasteiger partial charge < -0.3 is 9.72 Å². The molecule has 0 spiro atoms. The van der Waals surface area contributed by atoms with Gasteiger partial charge in [0.15, 0.2) is 12.1 Å². The van der Waals surface area contributed by atoms with Gasteiger partial charge in [-0.1, -0.05) is 0 Å². The normalized spacial score (nSPS) is 22.0. The molecule has 1 N–H and O–H groups in total. The Labute approximate surface area is 82.7 Å². The zero-order valence-corrected chi connectivity index (χ0v) is 8.84. The molecule has 2 heterocycles. The first-order valence-corrected chi connectivity index (χ1v) is 4.63. The molecule has 1 aliphatic heterocycles. The Balaban J connectivity index is 2.62. The lowest BCUT2D eigenvalue weighted by Gasteiger charge is -2.24. The number of carbonyl (C=O) groups excluding carboxylic acids is 1. The SMILES string of the molecule is CC1(C)OC(C)(C)c2[nH]c(C=O)nc21. The lowest BCUT2D eigenvalue weighted by Crippen LogP contribution is -2.24. The maximum absolute atomic E-state index is 10.6. The average molecular weight is 194 g/mol. The maximum Gasteiger partial charge on any atom is 0.185 e. The van der Waals surface area contributed by atoms with Crippen molar-refractivity contribution in [2.24, 2.45) is 0 Å². The number of hydrogen-bond acceptors (Lipinski definition) is 3. The third kappa shape index (κ3) is 1.10. The van der Waals surface area contributed by atoms with Crippen molar-refractivity contribution < 1.29 is 9.53 Å². The Hall–Kier alpha value is -1.16. The monoisotopic (exact) mass is 194 g/mol. The first-order chi connectivity index (χ1) is 6.37. The fourth-order valence-electron chi connectivity index (χ4n) is 2.06. The lowest BCUT2D eigenvalue weighted by atomic mass is 10.0. The number of carbonyl (C=O) groups is 1. The number of aromatic nitrogens is 2. The molecule has 4 nitrogen and oxygen atoms in total. The van der Waals surface area contributed by atoms with Crippen molar-refractivity contribution in [1.82, 2.24) is 9.97 Å². The molecule has 0 radical (unpaired) electrons. The van der Waals surface area contributed by atoms with Gasteiger partial charge in [-0.15, -0.1) is 0 Å². The zero-order valence-electron chi connectivity index (χ0n) is 8.84. The second-order valence-corrected chi connectivity index (χ2v) is 4.59. The van der Waals surface area contributed by atoms with E-state index >= 15 is 0 Å². The van der Waals surface area contributed by atoms with E-state index < -0.39 is 11.2 Å². The number of aromatic amines is 1. The second kappa shape index (κ2) is 2.45. The van der Waals surface area contributed by atoms with E-state index in [1.54, 1.807) is 0 Å². The molecule has 0 fully saturated rings. The van der Waals surface area contributed by atoms with E-state index in [0.29, 0.717) is 5.82 Å². The van der Waals surface area contributed by atoms with Gasteiger partial charge in [0.05, 0.1) is 11.4 Å². The molecule has 0 bridgehead atoms. The standard InChI is InChI=1S/C10H14N2O2/c1-9(2)7-8(10(3,4)14-9)12-6(5-13)11-7/h5H,1-4H3,(H,11,12). The topological polar surface area (TPSA) is 55.0 Å². The van der Waals surface area contributed by atoms with Gasteiger partial charge in [-0.2, -0.15) is 0 Å². The van der Waals surface area contributed by atoms with Gasteiger partial charge in [0.1, 0.15) is 11.2 Å². The van der Waals surface area contributed by atoms with E-state index in [9.17, 15) is 4.79 Å². The summed E-state index contributed by atoms with van der Waals surface area (Å²) in [4.78, 5) is 17.8.